The first-order chi connectivity index (χ1) is 9.17. The van der Waals surface area contributed by atoms with E-state index in [1.807, 2.05) is 30.3 Å². The average Bonchev–Trinajstić information content (AvgIpc) is 2.38. The van der Waals surface area contributed by atoms with E-state index < -0.39 is 0 Å². The maximum atomic E-state index is 5.68. The Morgan fingerprint density at radius 1 is 1.16 bits per heavy atom. The Balaban J connectivity index is 1.98. The van der Waals surface area contributed by atoms with Crippen molar-refractivity contribution in [1.29, 1.82) is 0 Å². The number of nitrogens with two attached hydrogens (primary N) is 1. The third-order valence-corrected chi connectivity index (χ3v) is 2.85. The lowest BCUT2D eigenvalue weighted by atomic mass is 10.2. The van der Waals surface area contributed by atoms with Crippen molar-refractivity contribution in [2.75, 3.05) is 19.9 Å². The van der Waals surface area contributed by atoms with Gasteiger partial charge >= 0.3 is 0 Å². The summed E-state index contributed by atoms with van der Waals surface area (Å²) in [6, 6.07) is 13.8. The van der Waals surface area contributed by atoms with Crippen LogP contribution in [0.25, 0.3) is 0 Å². The minimum atomic E-state index is 0.562. The average molecular weight is 257 g/mol. The number of ether oxygens (including phenoxy) is 1. The van der Waals surface area contributed by atoms with Crippen LogP contribution in [0.1, 0.15) is 11.3 Å². The first-order valence-corrected chi connectivity index (χ1v) is 6.20. The highest BCUT2D eigenvalue weighted by Gasteiger charge is 2.04. The molecular weight excluding hydrogens is 238 g/mol. The van der Waals surface area contributed by atoms with Crippen LogP contribution >= 0.6 is 0 Å². The molecule has 0 aliphatic carbocycles. The molecule has 0 unspecified atom stereocenters. The van der Waals surface area contributed by atoms with E-state index in [-0.39, 0.29) is 0 Å². The van der Waals surface area contributed by atoms with Gasteiger partial charge in [0.1, 0.15) is 11.6 Å². The second kappa shape index (κ2) is 6.20. The largest absolute Gasteiger partial charge is 0.497 e. The molecule has 1 aromatic carbocycles. The van der Waals surface area contributed by atoms with E-state index in [0.29, 0.717) is 5.82 Å². The van der Waals surface area contributed by atoms with E-state index in [1.54, 1.807) is 13.2 Å². The van der Waals surface area contributed by atoms with Gasteiger partial charge in [0.05, 0.1) is 12.8 Å². The van der Waals surface area contributed by atoms with Gasteiger partial charge in [-0.25, -0.2) is 4.98 Å². The molecule has 2 rings (SSSR count). The van der Waals surface area contributed by atoms with Gasteiger partial charge in [-0.2, -0.15) is 0 Å². The number of nitrogen functional groups attached to an aromatic ring is 1. The summed E-state index contributed by atoms with van der Waals surface area (Å²) in [7, 11) is 3.74. The lowest BCUT2D eigenvalue weighted by molar-refractivity contribution is 0.314. The van der Waals surface area contributed by atoms with Crippen LogP contribution in [0, 0.1) is 0 Å². The summed E-state index contributed by atoms with van der Waals surface area (Å²) in [6.45, 7) is 1.61. The molecular formula is C15H19N3O. The van der Waals surface area contributed by atoms with Crippen molar-refractivity contribution in [2.45, 2.75) is 13.1 Å². The number of hydrogen-bond donors (Lipinski definition) is 1. The van der Waals surface area contributed by atoms with Gasteiger partial charge in [0.25, 0.3) is 0 Å². The Labute approximate surface area is 113 Å². The van der Waals surface area contributed by atoms with Gasteiger partial charge < -0.3 is 10.5 Å². The van der Waals surface area contributed by atoms with E-state index >= 15 is 0 Å². The number of anilines is 1. The summed E-state index contributed by atoms with van der Waals surface area (Å²) in [4.78, 5) is 6.49. The van der Waals surface area contributed by atoms with Crippen molar-refractivity contribution < 1.29 is 4.74 Å². The zero-order chi connectivity index (χ0) is 13.7. The van der Waals surface area contributed by atoms with E-state index in [1.165, 1.54) is 5.56 Å². The number of nitrogens with zero attached hydrogens (tertiary/aromatic N) is 2. The van der Waals surface area contributed by atoms with E-state index in [9.17, 15) is 0 Å². The summed E-state index contributed by atoms with van der Waals surface area (Å²) in [6.07, 6.45) is 0. The lowest BCUT2D eigenvalue weighted by Gasteiger charge is -2.16. The van der Waals surface area contributed by atoms with Crippen LogP contribution in [0.4, 0.5) is 5.82 Å². The predicted molar refractivity (Wildman–Crippen MR) is 76.8 cm³/mol. The molecule has 1 heterocycles. The van der Waals surface area contributed by atoms with Crippen LogP contribution < -0.4 is 10.5 Å². The maximum absolute atomic E-state index is 5.68. The molecule has 100 valence electrons. The van der Waals surface area contributed by atoms with Crippen LogP contribution in [-0.2, 0) is 13.1 Å². The van der Waals surface area contributed by atoms with Gasteiger partial charge in [-0.15, -0.1) is 0 Å². The van der Waals surface area contributed by atoms with E-state index in [0.717, 1.165) is 24.5 Å². The Kier molecular flexibility index (Phi) is 4.36. The zero-order valence-corrected chi connectivity index (χ0v) is 11.3. The maximum Gasteiger partial charge on any atom is 0.123 e. The summed E-state index contributed by atoms with van der Waals surface area (Å²) in [5, 5.41) is 0. The van der Waals surface area contributed by atoms with Crippen LogP contribution in [0.15, 0.2) is 42.5 Å². The van der Waals surface area contributed by atoms with Crippen molar-refractivity contribution in [1.82, 2.24) is 9.88 Å². The quantitative estimate of drug-likeness (QED) is 0.893. The van der Waals surface area contributed by atoms with Crippen molar-refractivity contribution in [3.8, 4) is 5.75 Å². The third-order valence-electron chi connectivity index (χ3n) is 2.85. The van der Waals surface area contributed by atoms with Crippen molar-refractivity contribution in [2.24, 2.45) is 0 Å². The monoisotopic (exact) mass is 257 g/mol. The van der Waals surface area contributed by atoms with Gasteiger partial charge in [-0.1, -0.05) is 18.2 Å². The summed E-state index contributed by atoms with van der Waals surface area (Å²) in [5.41, 5.74) is 7.87. The molecule has 0 aliphatic heterocycles. The van der Waals surface area contributed by atoms with Crippen LogP contribution in [0.2, 0.25) is 0 Å². The Bertz CT molecular complexity index is 542. The summed E-state index contributed by atoms with van der Waals surface area (Å²) in [5.74, 6) is 1.44. The lowest BCUT2D eigenvalue weighted by Crippen LogP contribution is -2.18. The highest BCUT2D eigenvalue weighted by molar-refractivity contribution is 5.29. The summed E-state index contributed by atoms with van der Waals surface area (Å²) < 4.78 is 5.22. The van der Waals surface area contributed by atoms with Gasteiger partial charge in [0, 0.05) is 13.1 Å². The van der Waals surface area contributed by atoms with Gasteiger partial charge in [-0.05, 0) is 36.9 Å². The molecule has 0 amide bonds. The Morgan fingerprint density at radius 2 is 1.95 bits per heavy atom. The zero-order valence-electron chi connectivity index (χ0n) is 11.3. The first kappa shape index (κ1) is 13.4. The molecule has 2 N–H and O–H groups in total. The summed E-state index contributed by atoms with van der Waals surface area (Å²) >= 11 is 0. The third kappa shape index (κ3) is 3.96. The molecule has 0 spiro atoms. The smallest absolute Gasteiger partial charge is 0.123 e. The molecule has 4 nitrogen and oxygen atoms in total. The van der Waals surface area contributed by atoms with E-state index in [4.69, 9.17) is 10.5 Å². The Hall–Kier alpha value is -2.07. The topological polar surface area (TPSA) is 51.4 Å². The molecule has 0 radical (unpaired) electrons. The highest BCUT2D eigenvalue weighted by Crippen LogP contribution is 2.14. The molecule has 0 atom stereocenters. The molecule has 0 saturated carbocycles. The normalized spacial score (nSPS) is 10.7. The molecule has 0 fully saturated rings. The molecule has 0 saturated heterocycles. The SMILES string of the molecule is COc1cccc(CN(C)Cc2cccc(N)n2)c1. The molecule has 0 aliphatic rings. The second-order valence-electron chi connectivity index (χ2n) is 4.58. The number of methoxy groups -OCH3 is 1. The minimum absolute atomic E-state index is 0.562. The fourth-order valence-electron chi connectivity index (χ4n) is 2.00. The number of rotatable bonds is 5. The standard InChI is InChI=1S/C15H19N3O/c1-18(11-13-6-4-8-15(16)17-13)10-12-5-3-7-14(9-12)19-2/h3-9H,10-11H2,1-2H3,(H2,16,17). The van der Waals surface area contributed by atoms with E-state index in [2.05, 4.69) is 23.0 Å². The second-order valence-corrected chi connectivity index (χ2v) is 4.58. The van der Waals surface area contributed by atoms with Crippen LogP contribution in [0.5, 0.6) is 5.75 Å². The molecule has 0 bridgehead atoms. The number of aromatic nitrogens is 1. The molecule has 1 aromatic heterocycles. The van der Waals surface area contributed by atoms with Gasteiger partial charge in [0.2, 0.25) is 0 Å². The van der Waals surface area contributed by atoms with Crippen molar-refractivity contribution in [3.63, 3.8) is 0 Å². The van der Waals surface area contributed by atoms with Crippen molar-refractivity contribution >= 4 is 5.82 Å². The predicted octanol–water partition coefficient (Wildman–Crippen LogP) is 2.30. The fourth-order valence-corrected chi connectivity index (χ4v) is 2.00. The van der Waals surface area contributed by atoms with Crippen LogP contribution in [0.3, 0.4) is 0 Å². The first-order valence-electron chi connectivity index (χ1n) is 6.20. The van der Waals surface area contributed by atoms with Crippen molar-refractivity contribution in [3.05, 3.63) is 53.7 Å². The fraction of sp³-hybridized carbons (Fsp3) is 0.267. The molecule has 19 heavy (non-hydrogen) atoms. The number of benzene rings is 1. The molecule has 2 aromatic rings. The molecule has 4 heteroatoms. The minimum Gasteiger partial charge on any atom is -0.497 e. The van der Waals surface area contributed by atoms with Gasteiger partial charge in [-0.3, -0.25) is 4.90 Å². The van der Waals surface area contributed by atoms with Crippen LogP contribution in [-0.4, -0.2) is 24.0 Å². The number of hydrogen-bond acceptors (Lipinski definition) is 4. The van der Waals surface area contributed by atoms with Gasteiger partial charge in [0.15, 0.2) is 0 Å². The number of pyridine rings is 1. The Morgan fingerprint density at radius 3 is 2.68 bits per heavy atom. The highest BCUT2D eigenvalue weighted by atomic mass is 16.5.